The van der Waals surface area contributed by atoms with Crippen LogP contribution in [0.1, 0.15) is 40.5 Å². The monoisotopic (exact) mass is 141 g/mol. The van der Waals surface area contributed by atoms with Gasteiger partial charge in [-0.15, -0.1) is 0 Å². The van der Waals surface area contributed by atoms with Gasteiger partial charge in [0.1, 0.15) is 0 Å². The van der Waals surface area contributed by atoms with Crippen LogP contribution in [0, 0.1) is 5.92 Å². The predicted molar refractivity (Wildman–Crippen MR) is 47.7 cm³/mol. The van der Waals surface area contributed by atoms with E-state index < -0.39 is 0 Å². The quantitative estimate of drug-likeness (QED) is 0.492. The number of hydrogen-bond acceptors (Lipinski definition) is 1. The Morgan fingerprint density at radius 3 is 2.20 bits per heavy atom. The highest BCUT2D eigenvalue weighted by Crippen LogP contribution is 2.16. The maximum absolute atomic E-state index is 4.29. The van der Waals surface area contributed by atoms with E-state index >= 15 is 0 Å². The van der Waals surface area contributed by atoms with E-state index in [0.717, 1.165) is 5.92 Å². The van der Waals surface area contributed by atoms with E-state index in [-0.39, 0.29) is 0 Å². The normalized spacial score (nSPS) is 30.8. The predicted octanol–water partition coefficient (Wildman–Crippen LogP) is 2.90. The smallest absolute Gasteiger partial charge is 0.0493 e. The second-order valence-electron chi connectivity index (χ2n) is 2.63. The zero-order chi connectivity index (χ0) is 7.98. The summed E-state index contributed by atoms with van der Waals surface area (Å²) in [6.45, 7) is 8.45. The number of rotatable bonds is 0. The molecule has 2 unspecified atom stereocenters. The molecule has 0 bridgehead atoms. The first-order chi connectivity index (χ1) is 4.80. The third-order valence-electron chi connectivity index (χ3n) is 1.92. The Kier molecular flexibility index (Phi) is 5.27. The first-order valence-electron chi connectivity index (χ1n) is 4.32. The molecule has 1 heterocycles. The summed E-state index contributed by atoms with van der Waals surface area (Å²) >= 11 is 0. The number of aliphatic imine (C=N–C) groups is 1. The number of hydrogen-bond donors (Lipinski definition) is 0. The summed E-state index contributed by atoms with van der Waals surface area (Å²) in [6, 6.07) is 0.573. The van der Waals surface area contributed by atoms with Gasteiger partial charge >= 0.3 is 0 Å². The SMILES string of the molecule is CC.CC1CCC=NC1C. The highest BCUT2D eigenvalue weighted by atomic mass is 14.8. The van der Waals surface area contributed by atoms with Gasteiger partial charge in [-0.1, -0.05) is 20.8 Å². The summed E-state index contributed by atoms with van der Waals surface area (Å²) in [6.07, 6.45) is 4.56. The third-order valence-corrected chi connectivity index (χ3v) is 1.92. The van der Waals surface area contributed by atoms with Crippen LogP contribution in [0.2, 0.25) is 0 Å². The van der Waals surface area contributed by atoms with E-state index in [4.69, 9.17) is 0 Å². The second-order valence-corrected chi connectivity index (χ2v) is 2.63. The third kappa shape index (κ3) is 3.00. The molecular formula is C9H19N. The molecule has 0 radical (unpaired) electrons. The molecule has 0 spiro atoms. The standard InChI is InChI=1S/C7H13N.C2H6/c1-6-4-3-5-8-7(6)2;1-2/h5-7H,3-4H2,1-2H3;1-2H3. The fourth-order valence-corrected chi connectivity index (χ4v) is 0.966. The first-order valence-corrected chi connectivity index (χ1v) is 4.32. The van der Waals surface area contributed by atoms with Gasteiger partial charge in [-0.3, -0.25) is 4.99 Å². The molecule has 1 heteroatoms. The summed E-state index contributed by atoms with van der Waals surface area (Å²) < 4.78 is 0. The van der Waals surface area contributed by atoms with Crippen molar-refractivity contribution in [3.05, 3.63) is 0 Å². The van der Waals surface area contributed by atoms with E-state index in [1.165, 1.54) is 12.8 Å². The van der Waals surface area contributed by atoms with E-state index in [1.807, 2.05) is 20.1 Å². The van der Waals surface area contributed by atoms with Crippen LogP contribution < -0.4 is 0 Å². The fourth-order valence-electron chi connectivity index (χ4n) is 0.966. The van der Waals surface area contributed by atoms with E-state index in [0.29, 0.717) is 6.04 Å². The average Bonchev–Trinajstić information content (AvgIpc) is 2.00. The molecule has 0 aliphatic carbocycles. The Hall–Kier alpha value is -0.330. The van der Waals surface area contributed by atoms with Crippen molar-refractivity contribution in [3.63, 3.8) is 0 Å². The van der Waals surface area contributed by atoms with E-state index in [1.54, 1.807) is 0 Å². The zero-order valence-electron chi connectivity index (χ0n) is 7.59. The maximum atomic E-state index is 4.29. The van der Waals surface area contributed by atoms with Crippen LogP contribution in [0.4, 0.5) is 0 Å². The topological polar surface area (TPSA) is 12.4 Å². The average molecular weight is 141 g/mol. The van der Waals surface area contributed by atoms with Crippen LogP contribution in [-0.4, -0.2) is 12.3 Å². The molecule has 10 heavy (non-hydrogen) atoms. The van der Waals surface area contributed by atoms with Crippen molar-refractivity contribution in [3.8, 4) is 0 Å². The van der Waals surface area contributed by atoms with Crippen molar-refractivity contribution in [2.45, 2.75) is 46.6 Å². The molecule has 1 aliphatic rings. The molecule has 0 saturated heterocycles. The van der Waals surface area contributed by atoms with Crippen molar-refractivity contribution in [1.29, 1.82) is 0 Å². The van der Waals surface area contributed by atoms with Crippen LogP contribution in [0.3, 0.4) is 0 Å². The Bertz CT molecular complexity index is 96.9. The van der Waals surface area contributed by atoms with Crippen molar-refractivity contribution >= 4 is 6.21 Å². The highest BCUT2D eigenvalue weighted by molar-refractivity contribution is 5.58. The molecule has 0 aromatic heterocycles. The summed E-state index contributed by atoms with van der Waals surface area (Å²) in [5.74, 6) is 0.806. The van der Waals surface area contributed by atoms with Gasteiger partial charge in [0.2, 0.25) is 0 Å². The lowest BCUT2D eigenvalue weighted by atomic mass is 9.96. The van der Waals surface area contributed by atoms with Crippen molar-refractivity contribution in [1.82, 2.24) is 0 Å². The van der Waals surface area contributed by atoms with Crippen LogP contribution >= 0.6 is 0 Å². The summed E-state index contributed by atoms with van der Waals surface area (Å²) in [5, 5.41) is 0. The van der Waals surface area contributed by atoms with Gasteiger partial charge in [0, 0.05) is 6.04 Å². The van der Waals surface area contributed by atoms with Crippen LogP contribution in [-0.2, 0) is 0 Å². The minimum absolute atomic E-state index is 0.573. The number of nitrogens with zero attached hydrogens (tertiary/aromatic N) is 1. The zero-order valence-corrected chi connectivity index (χ0v) is 7.59. The van der Waals surface area contributed by atoms with Crippen molar-refractivity contribution in [2.24, 2.45) is 10.9 Å². The van der Waals surface area contributed by atoms with Crippen molar-refractivity contribution < 1.29 is 0 Å². The van der Waals surface area contributed by atoms with E-state index in [9.17, 15) is 0 Å². The van der Waals surface area contributed by atoms with Crippen LogP contribution in [0.5, 0.6) is 0 Å². The second kappa shape index (κ2) is 5.45. The van der Waals surface area contributed by atoms with Crippen LogP contribution in [0.25, 0.3) is 0 Å². The van der Waals surface area contributed by atoms with Gasteiger partial charge in [-0.2, -0.15) is 0 Å². The molecule has 0 fully saturated rings. The summed E-state index contributed by atoms with van der Waals surface area (Å²) in [7, 11) is 0. The molecule has 1 aliphatic heterocycles. The molecule has 1 rings (SSSR count). The van der Waals surface area contributed by atoms with E-state index in [2.05, 4.69) is 18.8 Å². The van der Waals surface area contributed by atoms with Gasteiger partial charge in [0.25, 0.3) is 0 Å². The van der Waals surface area contributed by atoms with Gasteiger partial charge in [-0.25, -0.2) is 0 Å². The fraction of sp³-hybridized carbons (Fsp3) is 0.889. The maximum Gasteiger partial charge on any atom is 0.0493 e. The van der Waals surface area contributed by atoms with Gasteiger partial charge < -0.3 is 0 Å². The molecule has 0 amide bonds. The highest BCUT2D eigenvalue weighted by Gasteiger charge is 2.11. The molecule has 0 aromatic carbocycles. The lowest BCUT2D eigenvalue weighted by Crippen LogP contribution is -2.15. The molecule has 1 nitrogen and oxygen atoms in total. The summed E-state index contributed by atoms with van der Waals surface area (Å²) in [4.78, 5) is 4.29. The van der Waals surface area contributed by atoms with Gasteiger partial charge in [-0.05, 0) is 31.9 Å². The Balaban J connectivity index is 0.000000371. The lowest BCUT2D eigenvalue weighted by molar-refractivity contribution is 0.446. The largest absolute Gasteiger partial charge is 0.294 e. The Morgan fingerprint density at radius 1 is 1.30 bits per heavy atom. The Morgan fingerprint density at radius 2 is 1.90 bits per heavy atom. The van der Waals surface area contributed by atoms with Crippen LogP contribution in [0.15, 0.2) is 4.99 Å². The Labute approximate surface area is 64.6 Å². The molecule has 60 valence electrons. The molecule has 0 aromatic rings. The molecule has 2 atom stereocenters. The lowest BCUT2D eigenvalue weighted by Gasteiger charge is -2.18. The molecule has 0 N–H and O–H groups in total. The molecular weight excluding hydrogens is 122 g/mol. The minimum atomic E-state index is 0.573. The van der Waals surface area contributed by atoms with Gasteiger partial charge in [0.05, 0.1) is 0 Å². The van der Waals surface area contributed by atoms with Gasteiger partial charge in [0.15, 0.2) is 0 Å². The molecule has 0 saturated carbocycles. The summed E-state index contributed by atoms with van der Waals surface area (Å²) in [5.41, 5.74) is 0. The minimum Gasteiger partial charge on any atom is -0.294 e. The first kappa shape index (κ1) is 9.67. The van der Waals surface area contributed by atoms with Crippen molar-refractivity contribution in [2.75, 3.05) is 0 Å².